The van der Waals surface area contributed by atoms with E-state index in [0.717, 1.165) is 24.6 Å². The Labute approximate surface area is 181 Å². The molecule has 1 fully saturated rings. The molecule has 2 heteroatoms. The summed E-state index contributed by atoms with van der Waals surface area (Å²) < 4.78 is 0. The molecule has 1 unspecified atom stereocenters. The Hall–Kier alpha value is -2.48. The molecule has 0 amide bonds. The van der Waals surface area contributed by atoms with E-state index in [1.165, 1.54) is 65.5 Å². The molecule has 0 bridgehead atoms. The van der Waals surface area contributed by atoms with Gasteiger partial charge in [-0.15, -0.1) is 0 Å². The molecule has 1 aliphatic carbocycles. The molecule has 1 aromatic heterocycles. The Bertz CT molecular complexity index is 974. The van der Waals surface area contributed by atoms with E-state index < -0.39 is 0 Å². The van der Waals surface area contributed by atoms with Crippen LogP contribution >= 0.6 is 0 Å². The minimum Gasteiger partial charge on any atom is -0.241 e. The first-order chi connectivity index (χ1) is 14.7. The predicted molar refractivity (Wildman–Crippen MR) is 129 cm³/mol. The Morgan fingerprint density at radius 2 is 2.00 bits per heavy atom. The summed E-state index contributed by atoms with van der Waals surface area (Å²) in [7, 11) is 0. The monoisotopic (exact) mass is 398 g/mol. The maximum Gasteiger partial charge on any atom is 0.155 e. The molecule has 1 atom stereocenters. The van der Waals surface area contributed by atoms with Crippen LogP contribution in [0.4, 0.5) is 5.82 Å². The summed E-state index contributed by atoms with van der Waals surface area (Å²) in [4.78, 5) is 9.01. The van der Waals surface area contributed by atoms with Gasteiger partial charge in [0.05, 0.1) is 0 Å². The molecule has 2 heterocycles. The molecule has 2 nitrogen and oxygen atoms in total. The zero-order valence-electron chi connectivity index (χ0n) is 18.7. The molecule has 1 aliphatic heterocycles. The molecular weight excluding hydrogens is 364 g/mol. The van der Waals surface area contributed by atoms with Gasteiger partial charge in [-0.1, -0.05) is 69.5 Å². The lowest BCUT2D eigenvalue weighted by molar-refractivity contribution is 0.572. The van der Waals surface area contributed by atoms with Gasteiger partial charge in [-0.2, -0.15) is 0 Å². The molecule has 30 heavy (non-hydrogen) atoms. The maximum atomic E-state index is 4.63. The fourth-order valence-electron chi connectivity index (χ4n) is 4.61. The summed E-state index contributed by atoms with van der Waals surface area (Å²) in [6.45, 7) is 6.85. The maximum absolute atomic E-state index is 4.63. The van der Waals surface area contributed by atoms with Crippen LogP contribution < -0.4 is 0 Å². The van der Waals surface area contributed by atoms with E-state index in [2.05, 4.69) is 73.2 Å². The highest BCUT2D eigenvalue weighted by Gasteiger charge is 2.18. The summed E-state index contributed by atoms with van der Waals surface area (Å²) in [6.07, 6.45) is 17.2. The summed E-state index contributed by atoms with van der Waals surface area (Å²) in [5, 5.41) is 0. The molecule has 156 valence electrons. The van der Waals surface area contributed by atoms with Crippen LogP contribution in [0.5, 0.6) is 0 Å². The lowest BCUT2D eigenvalue weighted by atomic mass is 9.90. The van der Waals surface area contributed by atoms with Crippen molar-refractivity contribution in [3.63, 3.8) is 0 Å². The van der Waals surface area contributed by atoms with Crippen LogP contribution in [0.15, 0.2) is 53.7 Å². The molecule has 2 aromatic rings. The van der Waals surface area contributed by atoms with Gasteiger partial charge >= 0.3 is 0 Å². The van der Waals surface area contributed by atoms with Gasteiger partial charge in [-0.3, -0.25) is 0 Å². The Morgan fingerprint density at radius 3 is 2.80 bits per heavy atom. The number of benzene rings is 1. The van der Waals surface area contributed by atoms with Gasteiger partial charge in [0.25, 0.3) is 0 Å². The molecular formula is C28H34N2. The molecule has 0 saturated heterocycles. The van der Waals surface area contributed by atoms with Crippen LogP contribution in [0.1, 0.15) is 87.5 Å². The zero-order chi connectivity index (χ0) is 20.9. The lowest BCUT2D eigenvalue weighted by Crippen LogP contribution is -1.95. The van der Waals surface area contributed by atoms with Gasteiger partial charge < -0.3 is 0 Å². The Kier molecular flexibility index (Phi) is 6.62. The van der Waals surface area contributed by atoms with Crippen molar-refractivity contribution < 1.29 is 0 Å². The van der Waals surface area contributed by atoms with E-state index >= 15 is 0 Å². The van der Waals surface area contributed by atoms with E-state index in [1.54, 1.807) is 0 Å². The van der Waals surface area contributed by atoms with Crippen molar-refractivity contribution in [1.29, 1.82) is 0 Å². The van der Waals surface area contributed by atoms with Crippen molar-refractivity contribution >= 4 is 23.2 Å². The number of fused-ring (bicyclic) bond motifs is 1. The highest BCUT2D eigenvalue weighted by atomic mass is 14.9. The molecule has 4 rings (SSSR count). The number of nitrogens with zero attached hydrogens (tertiary/aromatic N) is 2. The van der Waals surface area contributed by atoms with Gasteiger partial charge in [0.2, 0.25) is 0 Å². The van der Waals surface area contributed by atoms with E-state index in [9.17, 15) is 0 Å². The van der Waals surface area contributed by atoms with Crippen molar-refractivity contribution in [3.05, 3.63) is 70.9 Å². The number of allylic oxidation sites excluding steroid dienone is 4. The highest BCUT2D eigenvalue weighted by Crippen LogP contribution is 2.36. The van der Waals surface area contributed by atoms with Crippen LogP contribution in [-0.2, 0) is 6.42 Å². The summed E-state index contributed by atoms with van der Waals surface area (Å²) in [6, 6.07) is 11.5. The van der Waals surface area contributed by atoms with Crippen LogP contribution in [0.2, 0.25) is 0 Å². The number of rotatable bonds is 7. The molecule has 0 N–H and O–H groups in total. The summed E-state index contributed by atoms with van der Waals surface area (Å²) >= 11 is 0. The van der Waals surface area contributed by atoms with Crippen molar-refractivity contribution in [2.24, 2.45) is 10.9 Å². The average Bonchev–Trinajstić information content (AvgIpc) is 3.48. The smallest absolute Gasteiger partial charge is 0.155 e. The van der Waals surface area contributed by atoms with E-state index in [0.29, 0.717) is 5.92 Å². The number of aromatic nitrogens is 1. The Balaban J connectivity index is 1.72. The summed E-state index contributed by atoms with van der Waals surface area (Å²) in [5.74, 6) is 2.32. The molecule has 2 aliphatic rings. The second kappa shape index (κ2) is 9.55. The van der Waals surface area contributed by atoms with Crippen LogP contribution in [0, 0.1) is 5.92 Å². The second-order valence-corrected chi connectivity index (χ2v) is 9.02. The third-order valence-corrected chi connectivity index (χ3v) is 6.85. The largest absolute Gasteiger partial charge is 0.241 e. The van der Waals surface area contributed by atoms with Crippen molar-refractivity contribution in [1.82, 2.24) is 4.98 Å². The topological polar surface area (TPSA) is 25.2 Å². The van der Waals surface area contributed by atoms with Crippen molar-refractivity contribution in [3.8, 4) is 0 Å². The zero-order valence-corrected chi connectivity index (χ0v) is 18.7. The SMILES string of the molecule is CCC(C)C/C=C\C(=C(/C)c1cccc(C2CCCC2)c1)c1cnc2c(c1)CC=N2. The standard InChI is InChI=1S/C28H34N2/c1-4-20(2)9-7-14-27(26-18-25-15-16-29-28(25)30-19-26)21(3)23-12-8-13-24(17-23)22-10-5-6-11-22/h7-8,12-14,16-20,22H,4-6,9-11,15H2,1-3H3/b14-7-,27-21-. The Morgan fingerprint density at radius 1 is 1.17 bits per heavy atom. The first-order valence-corrected chi connectivity index (χ1v) is 11.6. The minimum atomic E-state index is 0.708. The molecule has 1 saturated carbocycles. The van der Waals surface area contributed by atoms with Crippen molar-refractivity contribution in [2.45, 2.75) is 71.6 Å². The quantitative estimate of drug-likeness (QED) is 0.435. The number of aliphatic imine (C=N–C) groups is 1. The highest BCUT2D eigenvalue weighted by molar-refractivity contribution is 5.95. The average molecular weight is 399 g/mol. The molecule has 0 radical (unpaired) electrons. The molecule has 1 aromatic carbocycles. The normalized spacial score (nSPS) is 18.1. The van der Waals surface area contributed by atoms with Gasteiger partial charge in [0, 0.05) is 30.0 Å². The van der Waals surface area contributed by atoms with Crippen molar-refractivity contribution in [2.75, 3.05) is 0 Å². The second-order valence-electron chi connectivity index (χ2n) is 9.02. The number of pyridine rings is 1. The van der Waals surface area contributed by atoms with Crippen LogP contribution in [0.25, 0.3) is 11.1 Å². The predicted octanol–water partition coefficient (Wildman–Crippen LogP) is 7.92. The first-order valence-electron chi connectivity index (χ1n) is 11.6. The van der Waals surface area contributed by atoms with E-state index in [-0.39, 0.29) is 0 Å². The lowest BCUT2D eigenvalue weighted by Gasteiger charge is -2.15. The molecule has 0 spiro atoms. The summed E-state index contributed by atoms with van der Waals surface area (Å²) in [5.41, 5.74) is 7.88. The van der Waals surface area contributed by atoms with Gasteiger partial charge in [-0.25, -0.2) is 9.98 Å². The third-order valence-electron chi connectivity index (χ3n) is 6.85. The minimum absolute atomic E-state index is 0.708. The number of hydrogen-bond acceptors (Lipinski definition) is 2. The van der Waals surface area contributed by atoms with Gasteiger partial charge in [0.1, 0.15) is 0 Å². The number of hydrogen-bond donors (Lipinski definition) is 0. The van der Waals surface area contributed by atoms with Gasteiger partial charge in [-0.05, 0) is 66.4 Å². The fraction of sp³-hybridized carbons (Fsp3) is 0.429. The van der Waals surface area contributed by atoms with E-state index in [1.807, 2.05) is 12.4 Å². The van der Waals surface area contributed by atoms with E-state index in [4.69, 9.17) is 0 Å². The van der Waals surface area contributed by atoms with Crippen LogP contribution in [0.3, 0.4) is 0 Å². The van der Waals surface area contributed by atoms with Gasteiger partial charge in [0.15, 0.2) is 5.82 Å². The van der Waals surface area contributed by atoms with Crippen LogP contribution in [-0.4, -0.2) is 11.2 Å². The fourth-order valence-corrected chi connectivity index (χ4v) is 4.61. The third kappa shape index (κ3) is 4.64. The first kappa shape index (κ1) is 20.8.